The van der Waals surface area contributed by atoms with E-state index in [0.717, 1.165) is 51.4 Å². The van der Waals surface area contributed by atoms with Crippen LogP contribution in [0.4, 0.5) is 0 Å². The molecule has 4 nitrogen and oxygen atoms in total. The van der Waals surface area contributed by atoms with E-state index < -0.39 is 6.10 Å². The molecule has 0 saturated carbocycles. The highest BCUT2D eigenvalue weighted by molar-refractivity contribution is 5.85. The lowest BCUT2D eigenvalue weighted by Gasteiger charge is -2.13. The van der Waals surface area contributed by atoms with Crippen molar-refractivity contribution in [3.8, 4) is 0 Å². The predicted molar refractivity (Wildman–Crippen MR) is 164 cm³/mol. The van der Waals surface area contributed by atoms with E-state index >= 15 is 0 Å². The van der Waals surface area contributed by atoms with Gasteiger partial charge in [-0.1, -0.05) is 92.2 Å². The molecule has 0 aliphatic heterocycles. The zero-order chi connectivity index (χ0) is 25.3. The number of rotatable bonds is 21. The van der Waals surface area contributed by atoms with Crippen LogP contribution < -0.4 is 11.5 Å². The van der Waals surface area contributed by atoms with Crippen molar-refractivity contribution >= 4 is 24.8 Å². The third kappa shape index (κ3) is 29.1. The van der Waals surface area contributed by atoms with E-state index in [0.29, 0.717) is 6.42 Å². The number of nitrogens with two attached hydrogens (primary N) is 2. The smallest absolute Gasteiger partial charge is 0.0722 e. The minimum absolute atomic E-state index is 0. The monoisotopic (exact) mass is 544 g/mol. The topological polar surface area (TPSA) is 92.5 Å². The van der Waals surface area contributed by atoms with Crippen LogP contribution in [0.3, 0.4) is 0 Å². The van der Waals surface area contributed by atoms with Crippen molar-refractivity contribution in [3.05, 3.63) is 72.9 Å². The summed E-state index contributed by atoms with van der Waals surface area (Å²) in [4.78, 5) is 0. The molecule has 0 aromatic carbocycles. The molecule has 0 amide bonds. The number of hydrogen-bond acceptors (Lipinski definition) is 4. The first-order valence-corrected chi connectivity index (χ1v) is 13.2. The zero-order valence-corrected chi connectivity index (χ0v) is 24.2. The summed E-state index contributed by atoms with van der Waals surface area (Å²) >= 11 is 0. The van der Waals surface area contributed by atoms with Crippen LogP contribution in [0.25, 0.3) is 0 Å². The van der Waals surface area contributed by atoms with Gasteiger partial charge in [0.05, 0.1) is 12.2 Å². The minimum atomic E-state index is -0.451. The molecule has 6 heteroatoms. The van der Waals surface area contributed by atoms with Crippen molar-refractivity contribution in [1.29, 1.82) is 0 Å². The lowest BCUT2D eigenvalue weighted by molar-refractivity contribution is 0.138. The summed E-state index contributed by atoms with van der Waals surface area (Å²) in [5.74, 6) is 0. The summed E-state index contributed by atoms with van der Waals surface area (Å²) in [5.41, 5.74) is 11.3. The zero-order valence-electron chi connectivity index (χ0n) is 22.6. The molecule has 0 bridgehead atoms. The summed E-state index contributed by atoms with van der Waals surface area (Å²) in [7, 11) is 0. The average Bonchev–Trinajstić information content (AvgIpc) is 2.81. The molecule has 0 rings (SSSR count). The normalized spacial score (nSPS) is 15.8. The third-order valence-corrected chi connectivity index (χ3v) is 5.57. The van der Waals surface area contributed by atoms with E-state index in [9.17, 15) is 10.2 Å². The molecular weight excluding hydrogens is 491 g/mol. The fourth-order valence-corrected chi connectivity index (χ4v) is 3.16. The maximum Gasteiger partial charge on any atom is 0.0722 e. The van der Waals surface area contributed by atoms with Gasteiger partial charge < -0.3 is 21.7 Å². The minimum Gasteiger partial charge on any atom is -0.392 e. The Labute approximate surface area is 234 Å². The van der Waals surface area contributed by atoms with E-state index in [-0.39, 0.29) is 43.0 Å². The van der Waals surface area contributed by atoms with Crippen LogP contribution in [0.15, 0.2) is 72.9 Å². The number of aliphatic hydroxyl groups excluding tert-OH is 2. The number of unbranched alkanes of at least 4 members (excludes halogenated alkanes) is 4. The number of halogens is 2. The highest BCUT2D eigenvalue weighted by Gasteiger charge is 2.08. The van der Waals surface area contributed by atoms with Crippen LogP contribution in [-0.2, 0) is 0 Å². The van der Waals surface area contributed by atoms with Gasteiger partial charge in [0, 0.05) is 12.1 Å². The fourth-order valence-electron chi connectivity index (χ4n) is 3.16. The molecular formula is C30H54Cl2N2O2. The highest BCUT2D eigenvalue weighted by Crippen LogP contribution is 2.09. The Hall–Kier alpha value is -1.14. The Morgan fingerprint density at radius 1 is 0.500 bits per heavy atom. The van der Waals surface area contributed by atoms with Crippen molar-refractivity contribution in [2.75, 3.05) is 0 Å². The maximum atomic E-state index is 9.66. The van der Waals surface area contributed by atoms with Gasteiger partial charge in [-0.15, -0.1) is 24.8 Å². The summed E-state index contributed by atoms with van der Waals surface area (Å²) in [5, 5.41) is 19.3. The van der Waals surface area contributed by atoms with Crippen LogP contribution in [0.5, 0.6) is 0 Å². The van der Waals surface area contributed by atoms with E-state index in [1.807, 2.05) is 19.9 Å². The molecule has 0 heterocycles. The first kappa shape index (κ1) is 39.4. The van der Waals surface area contributed by atoms with E-state index in [1.54, 1.807) is 0 Å². The summed E-state index contributed by atoms with van der Waals surface area (Å²) < 4.78 is 0. The van der Waals surface area contributed by atoms with Gasteiger partial charge in [0.25, 0.3) is 0 Å². The highest BCUT2D eigenvalue weighted by atomic mass is 35.5. The second kappa shape index (κ2) is 30.1. The molecule has 0 spiro atoms. The van der Waals surface area contributed by atoms with Crippen molar-refractivity contribution in [2.45, 2.75) is 115 Å². The van der Waals surface area contributed by atoms with Crippen molar-refractivity contribution < 1.29 is 10.2 Å². The third-order valence-electron chi connectivity index (χ3n) is 5.57. The Bertz CT molecular complexity index is 626. The van der Waals surface area contributed by atoms with Gasteiger partial charge in [-0.3, -0.25) is 0 Å². The van der Waals surface area contributed by atoms with Gasteiger partial charge in [0.1, 0.15) is 0 Å². The fraction of sp³-hybridized carbons (Fsp3) is 0.600. The summed E-state index contributed by atoms with van der Waals surface area (Å²) in [6.07, 6.45) is 37.4. The van der Waals surface area contributed by atoms with E-state index in [1.165, 1.54) is 19.3 Å². The van der Waals surface area contributed by atoms with Crippen LogP contribution in [-0.4, -0.2) is 34.5 Å². The standard InChI is InChI=1S/C30H52N2O2.2ClH/c1-27(31)29(33)25-23-21-19-17-15-13-11-9-7-5-3-4-6-8-10-12-14-16-18-20-22-24-26-30(34)28(2)32;;/h3,5-6,8-9,11-12,14-15,17,21,23,27-30,33-34H,4,7,10,13,16,18-20,22,24-26,31-32H2,1-2H3;2*1H/b5-3-,8-6-,11-9-,14-12-,17-15-,23-21-;;/t27-,28-,29+,30+;;/m0../s1. The van der Waals surface area contributed by atoms with E-state index in [4.69, 9.17) is 11.5 Å². The molecule has 0 aliphatic rings. The molecule has 0 fully saturated rings. The molecule has 210 valence electrons. The second-order valence-corrected chi connectivity index (χ2v) is 9.09. The van der Waals surface area contributed by atoms with Crippen LogP contribution >= 0.6 is 24.8 Å². The van der Waals surface area contributed by atoms with Gasteiger partial charge in [0.15, 0.2) is 0 Å². The van der Waals surface area contributed by atoms with Crippen LogP contribution in [0.2, 0.25) is 0 Å². The Kier molecular flexibility index (Phi) is 32.9. The maximum absolute atomic E-state index is 9.66. The van der Waals surface area contributed by atoms with Gasteiger partial charge in [-0.2, -0.15) is 0 Å². The van der Waals surface area contributed by atoms with Crippen LogP contribution in [0, 0.1) is 0 Å². The van der Waals surface area contributed by atoms with Crippen LogP contribution in [0.1, 0.15) is 90.9 Å². The molecule has 0 radical (unpaired) electrons. The molecule has 0 saturated heterocycles. The molecule has 6 N–H and O–H groups in total. The lowest BCUT2D eigenvalue weighted by atomic mass is 10.0. The van der Waals surface area contributed by atoms with Crippen molar-refractivity contribution in [1.82, 2.24) is 0 Å². The first-order chi connectivity index (χ1) is 16.4. The average molecular weight is 546 g/mol. The second-order valence-electron chi connectivity index (χ2n) is 9.09. The molecule has 36 heavy (non-hydrogen) atoms. The van der Waals surface area contributed by atoms with Gasteiger partial charge in [-0.05, 0) is 71.6 Å². The Morgan fingerprint density at radius 3 is 1.28 bits per heavy atom. The largest absolute Gasteiger partial charge is 0.392 e. The summed E-state index contributed by atoms with van der Waals surface area (Å²) in [6, 6.07) is -0.295. The van der Waals surface area contributed by atoms with Gasteiger partial charge in [-0.25, -0.2) is 0 Å². The number of aliphatic hydroxyl groups is 2. The molecule has 0 aromatic heterocycles. The molecule has 4 atom stereocenters. The number of allylic oxidation sites excluding steroid dienone is 11. The van der Waals surface area contributed by atoms with Crippen molar-refractivity contribution in [3.63, 3.8) is 0 Å². The Balaban J connectivity index is -0.00000544. The predicted octanol–water partition coefficient (Wildman–Crippen LogP) is 7.26. The van der Waals surface area contributed by atoms with Gasteiger partial charge >= 0.3 is 0 Å². The SMILES string of the molecule is C[C@H](N)[C@H](O)C/C=C\C/C=C\C/C=C\C/C=C\C/C=C\C/C=C\CCCCCC[C@@H](O)[C@H](C)N.Cl.Cl. The van der Waals surface area contributed by atoms with Crippen molar-refractivity contribution in [2.24, 2.45) is 11.5 Å². The molecule has 0 aliphatic carbocycles. The molecule has 0 unspecified atom stereocenters. The van der Waals surface area contributed by atoms with E-state index in [2.05, 4.69) is 66.8 Å². The molecule has 0 aromatic rings. The van der Waals surface area contributed by atoms with Gasteiger partial charge in [0.2, 0.25) is 0 Å². The quantitative estimate of drug-likeness (QED) is 0.0902. The Morgan fingerprint density at radius 2 is 0.861 bits per heavy atom. The number of hydrogen-bond donors (Lipinski definition) is 4. The first-order valence-electron chi connectivity index (χ1n) is 13.2. The lowest BCUT2D eigenvalue weighted by Crippen LogP contribution is -2.31. The summed E-state index contributed by atoms with van der Waals surface area (Å²) in [6.45, 7) is 3.68.